The van der Waals surface area contributed by atoms with E-state index in [1.165, 1.54) is 12.7 Å². The lowest BCUT2D eigenvalue weighted by molar-refractivity contribution is 0.0584. The fourth-order valence-corrected chi connectivity index (χ4v) is 2.43. The Morgan fingerprint density at radius 2 is 2.00 bits per heavy atom. The molecule has 2 atom stereocenters. The van der Waals surface area contributed by atoms with Crippen molar-refractivity contribution in [2.75, 3.05) is 27.3 Å². The topological polar surface area (TPSA) is 47.6 Å². The van der Waals surface area contributed by atoms with E-state index in [4.69, 9.17) is 4.74 Å². The van der Waals surface area contributed by atoms with Gasteiger partial charge in [-0.05, 0) is 30.7 Å². The molecule has 0 radical (unpaired) electrons. The Balaban J connectivity index is 2.15. The zero-order chi connectivity index (χ0) is 13.0. The van der Waals surface area contributed by atoms with Crippen molar-refractivity contribution in [3.05, 3.63) is 35.4 Å². The highest BCUT2D eigenvalue weighted by atomic mass is 16.5. The Labute approximate surface area is 107 Å². The fraction of sp³-hybridized carbons (Fsp3) is 0.500. The van der Waals surface area contributed by atoms with E-state index in [1.54, 1.807) is 7.11 Å². The smallest absolute Gasteiger partial charge is 0.337 e. The average Bonchev–Trinajstić information content (AvgIpc) is 2.46. The molecule has 1 N–H and O–H groups in total. The SMILES string of the molecule is COC(=O)c1ccc(C2CNCCC2OC)cc1. The molecule has 0 amide bonds. The van der Waals surface area contributed by atoms with Crippen molar-refractivity contribution in [2.45, 2.75) is 18.4 Å². The summed E-state index contributed by atoms with van der Waals surface area (Å²) in [4.78, 5) is 11.4. The predicted molar refractivity (Wildman–Crippen MR) is 68.8 cm³/mol. The maximum absolute atomic E-state index is 11.4. The van der Waals surface area contributed by atoms with Crippen LogP contribution in [-0.2, 0) is 9.47 Å². The van der Waals surface area contributed by atoms with Crippen LogP contribution in [0.15, 0.2) is 24.3 Å². The molecule has 18 heavy (non-hydrogen) atoms. The van der Waals surface area contributed by atoms with Crippen LogP contribution in [0.4, 0.5) is 0 Å². The first kappa shape index (κ1) is 13.1. The summed E-state index contributed by atoms with van der Waals surface area (Å²) in [6, 6.07) is 7.58. The van der Waals surface area contributed by atoms with Gasteiger partial charge in [-0.25, -0.2) is 4.79 Å². The number of carbonyl (C=O) groups is 1. The normalized spacial score (nSPS) is 23.7. The number of nitrogens with one attached hydrogen (secondary N) is 1. The van der Waals surface area contributed by atoms with E-state index in [0.717, 1.165) is 19.5 Å². The van der Waals surface area contributed by atoms with Crippen LogP contribution in [0.3, 0.4) is 0 Å². The second-order valence-electron chi connectivity index (χ2n) is 4.49. The first-order chi connectivity index (χ1) is 8.76. The van der Waals surface area contributed by atoms with Crippen LogP contribution in [0.1, 0.15) is 28.3 Å². The lowest BCUT2D eigenvalue weighted by atomic mass is 9.88. The third kappa shape index (κ3) is 2.71. The molecule has 98 valence electrons. The van der Waals surface area contributed by atoms with Crippen LogP contribution >= 0.6 is 0 Å². The molecule has 4 nitrogen and oxygen atoms in total. The summed E-state index contributed by atoms with van der Waals surface area (Å²) in [5.41, 5.74) is 1.78. The fourth-order valence-electron chi connectivity index (χ4n) is 2.43. The molecule has 1 aromatic rings. The van der Waals surface area contributed by atoms with Crippen molar-refractivity contribution in [2.24, 2.45) is 0 Å². The number of ether oxygens (including phenoxy) is 2. The van der Waals surface area contributed by atoms with Gasteiger partial charge < -0.3 is 14.8 Å². The van der Waals surface area contributed by atoms with Gasteiger partial charge in [-0.1, -0.05) is 12.1 Å². The number of carbonyl (C=O) groups excluding carboxylic acids is 1. The summed E-state index contributed by atoms with van der Waals surface area (Å²) in [5.74, 6) is 0.0436. The summed E-state index contributed by atoms with van der Waals surface area (Å²) in [7, 11) is 3.15. The number of hydrogen-bond donors (Lipinski definition) is 1. The van der Waals surface area contributed by atoms with Gasteiger partial charge in [-0.2, -0.15) is 0 Å². The van der Waals surface area contributed by atoms with Crippen LogP contribution in [0.25, 0.3) is 0 Å². The summed E-state index contributed by atoms with van der Waals surface area (Å²) < 4.78 is 10.2. The third-order valence-corrected chi connectivity index (χ3v) is 3.48. The molecule has 1 fully saturated rings. The van der Waals surface area contributed by atoms with Crippen molar-refractivity contribution in [3.8, 4) is 0 Å². The van der Waals surface area contributed by atoms with E-state index in [0.29, 0.717) is 11.5 Å². The highest BCUT2D eigenvalue weighted by Crippen LogP contribution is 2.26. The van der Waals surface area contributed by atoms with Gasteiger partial charge in [0.15, 0.2) is 0 Å². The highest BCUT2D eigenvalue weighted by molar-refractivity contribution is 5.89. The minimum Gasteiger partial charge on any atom is -0.465 e. The molecule has 1 aliphatic heterocycles. The molecule has 2 rings (SSSR count). The average molecular weight is 249 g/mol. The van der Waals surface area contributed by atoms with Gasteiger partial charge in [0.25, 0.3) is 0 Å². The van der Waals surface area contributed by atoms with Crippen molar-refractivity contribution >= 4 is 5.97 Å². The van der Waals surface area contributed by atoms with E-state index in [1.807, 2.05) is 24.3 Å². The molecular weight excluding hydrogens is 230 g/mol. The Morgan fingerprint density at radius 3 is 2.61 bits per heavy atom. The molecule has 0 bridgehead atoms. The standard InChI is InChI=1S/C14H19NO3/c1-17-13-7-8-15-9-12(13)10-3-5-11(6-4-10)14(16)18-2/h3-6,12-13,15H,7-9H2,1-2H3. The maximum atomic E-state index is 11.4. The molecule has 0 saturated carbocycles. The van der Waals surface area contributed by atoms with E-state index in [2.05, 4.69) is 10.1 Å². The van der Waals surface area contributed by atoms with Gasteiger partial charge in [0.2, 0.25) is 0 Å². The van der Waals surface area contributed by atoms with Crippen LogP contribution in [0.2, 0.25) is 0 Å². The van der Waals surface area contributed by atoms with Crippen LogP contribution in [-0.4, -0.2) is 39.4 Å². The molecule has 1 aromatic carbocycles. The molecule has 0 spiro atoms. The van der Waals surface area contributed by atoms with E-state index < -0.39 is 0 Å². The molecule has 0 aromatic heterocycles. The Hall–Kier alpha value is -1.39. The summed E-state index contributed by atoms with van der Waals surface area (Å²) >= 11 is 0. The van der Waals surface area contributed by atoms with E-state index >= 15 is 0 Å². The predicted octanol–water partition coefficient (Wildman–Crippen LogP) is 1.57. The lowest BCUT2D eigenvalue weighted by Gasteiger charge is -2.31. The number of methoxy groups -OCH3 is 2. The van der Waals surface area contributed by atoms with Gasteiger partial charge in [0.1, 0.15) is 0 Å². The van der Waals surface area contributed by atoms with Crippen molar-refractivity contribution in [1.82, 2.24) is 5.32 Å². The minimum atomic E-state index is -0.299. The van der Waals surface area contributed by atoms with Crippen molar-refractivity contribution < 1.29 is 14.3 Å². The van der Waals surface area contributed by atoms with Gasteiger partial charge in [0.05, 0.1) is 18.8 Å². The number of rotatable bonds is 3. The Bertz CT molecular complexity index is 402. The number of esters is 1. The van der Waals surface area contributed by atoms with Gasteiger partial charge >= 0.3 is 5.97 Å². The molecule has 1 heterocycles. The largest absolute Gasteiger partial charge is 0.465 e. The van der Waals surface area contributed by atoms with Gasteiger partial charge in [-0.3, -0.25) is 0 Å². The minimum absolute atomic E-state index is 0.246. The zero-order valence-corrected chi connectivity index (χ0v) is 10.8. The number of hydrogen-bond acceptors (Lipinski definition) is 4. The van der Waals surface area contributed by atoms with Crippen LogP contribution < -0.4 is 5.32 Å². The van der Waals surface area contributed by atoms with Crippen molar-refractivity contribution in [3.63, 3.8) is 0 Å². The Morgan fingerprint density at radius 1 is 1.28 bits per heavy atom. The first-order valence-electron chi connectivity index (χ1n) is 6.18. The number of piperidine rings is 1. The highest BCUT2D eigenvalue weighted by Gasteiger charge is 2.26. The molecule has 1 saturated heterocycles. The van der Waals surface area contributed by atoms with E-state index in [9.17, 15) is 4.79 Å². The third-order valence-electron chi connectivity index (χ3n) is 3.48. The molecule has 1 aliphatic rings. The van der Waals surface area contributed by atoms with Crippen LogP contribution in [0, 0.1) is 0 Å². The molecule has 0 aliphatic carbocycles. The lowest BCUT2D eigenvalue weighted by Crippen LogP contribution is -2.39. The zero-order valence-electron chi connectivity index (χ0n) is 10.8. The van der Waals surface area contributed by atoms with E-state index in [-0.39, 0.29) is 12.1 Å². The summed E-state index contributed by atoms with van der Waals surface area (Å²) in [6.07, 6.45) is 1.26. The second kappa shape index (κ2) is 5.98. The number of benzene rings is 1. The van der Waals surface area contributed by atoms with Gasteiger partial charge in [0, 0.05) is 19.6 Å². The Kier molecular flexibility index (Phi) is 4.33. The first-order valence-corrected chi connectivity index (χ1v) is 6.18. The molecule has 4 heteroatoms. The van der Waals surface area contributed by atoms with Crippen molar-refractivity contribution in [1.29, 1.82) is 0 Å². The monoisotopic (exact) mass is 249 g/mol. The quantitative estimate of drug-likeness (QED) is 0.826. The van der Waals surface area contributed by atoms with Gasteiger partial charge in [-0.15, -0.1) is 0 Å². The second-order valence-corrected chi connectivity index (χ2v) is 4.49. The van der Waals surface area contributed by atoms with Crippen LogP contribution in [0.5, 0.6) is 0 Å². The summed E-state index contributed by atoms with van der Waals surface area (Å²) in [6.45, 7) is 1.91. The molecular formula is C14H19NO3. The maximum Gasteiger partial charge on any atom is 0.337 e. The molecule has 2 unspecified atom stereocenters. The summed E-state index contributed by atoms with van der Waals surface area (Å²) in [5, 5.41) is 3.37.